The molecule has 32 heavy (non-hydrogen) atoms. The van der Waals surface area contributed by atoms with Crippen LogP contribution in [-0.4, -0.2) is 35.9 Å². The topological polar surface area (TPSA) is 84.9 Å². The van der Waals surface area contributed by atoms with Gasteiger partial charge in [0.05, 0.1) is 12.7 Å². The molecule has 0 saturated carbocycles. The SMILES string of the molecule is COc1cccc(F)c1C(C)(C)CC(O)(C(=O)Nc1ccc2c(c1)COC2=O)C(F)(F)F. The highest BCUT2D eigenvalue weighted by atomic mass is 19.4. The van der Waals surface area contributed by atoms with E-state index in [1.54, 1.807) is 0 Å². The number of esters is 1. The van der Waals surface area contributed by atoms with Crippen LogP contribution in [0.3, 0.4) is 0 Å². The zero-order chi connectivity index (χ0) is 23.9. The number of methoxy groups -OCH3 is 1. The number of ether oxygens (including phenoxy) is 2. The summed E-state index contributed by atoms with van der Waals surface area (Å²) in [6, 6.07) is 7.59. The Labute approximate surface area is 181 Å². The Balaban J connectivity index is 1.95. The molecule has 1 heterocycles. The molecule has 172 valence electrons. The van der Waals surface area contributed by atoms with Gasteiger partial charge in [-0.25, -0.2) is 9.18 Å². The number of cyclic esters (lactones) is 1. The monoisotopic (exact) mass is 455 g/mol. The third kappa shape index (κ3) is 4.14. The van der Waals surface area contributed by atoms with Crippen molar-refractivity contribution in [1.82, 2.24) is 0 Å². The lowest BCUT2D eigenvalue weighted by Gasteiger charge is -2.37. The van der Waals surface area contributed by atoms with Gasteiger partial charge in [0.1, 0.15) is 18.2 Å². The summed E-state index contributed by atoms with van der Waals surface area (Å²) >= 11 is 0. The zero-order valence-electron chi connectivity index (χ0n) is 17.5. The van der Waals surface area contributed by atoms with E-state index in [1.807, 2.05) is 0 Å². The fraction of sp³-hybridized carbons (Fsp3) is 0.364. The fourth-order valence-electron chi connectivity index (χ4n) is 3.81. The van der Waals surface area contributed by atoms with Crippen molar-refractivity contribution in [3.63, 3.8) is 0 Å². The second-order valence-corrected chi connectivity index (χ2v) is 8.14. The lowest BCUT2D eigenvalue weighted by Crippen LogP contribution is -2.57. The van der Waals surface area contributed by atoms with Gasteiger partial charge in [-0.2, -0.15) is 13.2 Å². The molecule has 6 nitrogen and oxygen atoms in total. The number of nitrogens with one attached hydrogen (secondary N) is 1. The second kappa shape index (κ2) is 8.09. The second-order valence-electron chi connectivity index (χ2n) is 8.14. The Bertz CT molecular complexity index is 1070. The minimum Gasteiger partial charge on any atom is -0.496 e. The van der Waals surface area contributed by atoms with E-state index in [2.05, 4.69) is 5.32 Å². The maximum Gasteiger partial charge on any atom is 0.426 e. The summed E-state index contributed by atoms with van der Waals surface area (Å²) in [5, 5.41) is 12.6. The van der Waals surface area contributed by atoms with Crippen molar-refractivity contribution in [2.24, 2.45) is 0 Å². The van der Waals surface area contributed by atoms with Gasteiger partial charge >= 0.3 is 12.1 Å². The van der Waals surface area contributed by atoms with Crippen molar-refractivity contribution in [2.75, 3.05) is 12.4 Å². The number of fused-ring (bicyclic) bond motifs is 1. The maximum atomic E-state index is 14.5. The summed E-state index contributed by atoms with van der Waals surface area (Å²) < 4.78 is 66.3. The van der Waals surface area contributed by atoms with Gasteiger partial charge < -0.3 is 19.9 Å². The number of halogens is 4. The van der Waals surface area contributed by atoms with E-state index in [-0.39, 0.29) is 29.2 Å². The molecule has 0 aromatic heterocycles. The molecule has 3 rings (SSSR count). The van der Waals surface area contributed by atoms with E-state index in [1.165, 1.54) is 51.3 Å². The van der Waals surface area contributed by atoms with Crippen molar-refractivity contribution < 1.29 is 41.7 Å². The molecular formula is C22H21F4NO5. The molecular weight excluding hydrogens is 434 g/mol. The average molecular weight is 455 g/mol. The van der Waals surface area contributed by atoms with E-state index in [0.717, 1.165) is 6.07 Å². The number of rotatable bonds is 6. The minimum absolute atomic E-state index is 0.0109. The molecule has 0 radical (unpaired) electrons. The van der Waals surface area contributed by atoms with E-state index in [0.29, 0.717) is 5.56 Å². The van der Waals surface area contributed by atoms with Gasteiger partial charge in [0, 0.05) is 23.2 Å². The highest BCUT2D eigenvalue weighted by Crippen LogP contribution is 2.45. The molecule has 0 fully saturated rings. The number of aliphatic hydroxyl groups is 1. The van der Waals surface area contributed by atoms with Gasteiger partial charge in [-0.3, -0.25) is 4.79 Å². The quantitative estimate of drug-likeness (QED) is 0.506. The predicted octanol–water partition coefficient (Wildman–Crippen LogP) is 4.10. The Morgan fingerprint density at radius 3 is 2.53 bits per heavy atom. The molecule has 0 aliphatic carbocycles. The van der Waals surface area contributed by atoms with Crippen LogP contribution in [0.2, 0.25) is 0 Å². The Kier molecular flexibility index (Phi) is 5.94. The lowest BCUT2D eigenvalue weighted by molar-refractivity contribution is -0.254. The first-order valence-corrected chi connectivity index (χ1v) is 9.54. The third-order valence-corrected chi connectivity index (χ3v) is 5.36. The first-order chi connectivity index (χ1) is 14.8. The van der Waals surface area contributed by atoms with Crippen LogP contribution in [0.5, 0.6) is 5.75 Å². The lowest BCUT2D eigenvalue weighted by atomic mass is 9.74. The molecule has 1 unspecified atom stereocenters. The first kappa shape index (κ1) is 23.5. The van der Waals surface area contributed by atoms with Crippen LogP contribution in [0.1, 0.15) is 41.8 Å². The molecule has 1 amide bonds. The summed E-state index contributed by atoms with van der Waals surface area (Å²) in [5.41, 5.74) is -5.14. The standard InChI is InChI=1S/C22H21F4NO5/c1-20(2,17-15(23)5-4-6-16(17)31-3)11-21(30,22(24,25)26)19(29)27-13-7-8-14-12(9-13)10-32-18(14)28/h4-9,30H,10-11H2,1-3H3,(H,27,29). The van der Waals surface area contributed by atoms with Crippen molar-refractivity contribution in [3.8, 4) is 5.75 Å². The zero-order valence-corrected chi connectivity index (χ0v) is 17.5. The molecule has 0 saturated heterocycles. The Morgan fingerprint density at radius 2 is 1.91 bits per heavy atom. The van der Waals surface area contributed by atoms with Crippen LogP contribution in [0.15, 0.2) is 36.4 Å². The minimum atomic E-state index is -5.37. The molecule has 2 aromatic rings. The number of carbonyl (C=O) groups is 2. The van der Waals surface area contributed by atoms with Crippen LogP contribution in [0.4, 0.5) is 23.2 Å². The largest absolute Gasteiger partial charge is 0.496 e. The Morgan fingerprint density at radius 1 is 1.22 bits per heavy atom. The fourth-order valence-corrected chi connectivity index (χ4v) is 3.81. The summed E-state index contributed by atoms with van der Waals surface area (Å²) in [6.45, 7) is 2.47. The Hall–Kier alpha value is -3.14. The predicted molar refractivity (Wildman–Crippen MR) is 106 cm³/mol. The summed E-state index contributed by atoms with van der Waals surface area (Å²) in [6.07, 6.45) is -6.55. The summed E-state index contributed by atoms with van der Waals surface area (Å²) in [7, 11) is 1.24. The number of hydrogen-bond acceptors (Lipinski definition) is 5. The van der Waals surface area contributed by atoms with Gasteiger partial charge in [-0.1, -0.05) is 19.9 Å². The highest BCUT2D eigenvalue weighted by Gasteiger charge is 2.61. The van der Waals surface area contributed by atoms with Crippen molar-refractivity contribution in [3.05, 3.63) is 58.9 Å². The average Bonchev–Trinajstić information content (AvgIpc) is 3.06. The van der Waals surface area contributed by atoms with Crippen LogP contribution in [0, 0.1) is 5.82 Å². The van der Waals surface area contributed by atoms with Gasteiger partial charge in [0.15, 0.2) is 0 Å². The number of anilines is 1. The molecule has 2 aromatic carbocycles. The van der Waals surface area contributed by atoms with Gasteiger partial charge in [-0.05, 0) is 35.7 Å². The molecule has 1 atom stereocenters. The van der Waals surface area contributed by atoms with Gasteiger partial charge in [-0.15, -0.1) is 0 Å². The van der Waals surface area contributed by atoms with Crippen LogP contribution in [-0.2, 0) is 21.6 Å². The van der Waals surface area contributed by atoms with E-state index >= 15 is 0 Å². The van der Waals surface area contributed by atoms with Crippen LogP contribution >= 0.6 is 0 Å². The third-order valence-electron chi connectivity index (χ3n) is 5.36. The van der Waals surface area contributed by atoms with E-state index < -0.39 is 41.3 Å². The number of benzene rings is 2. The van der Waals surface area contributed by atoms with Crippen molar-refractivity contribution in [1.29, 1.82) is 0 Å². The van der Waals surface area contributed by atoms with Crippen LogP contribution in [0.25, 0.3) is 0 Å². The normalized spacial score (nSPS) is 15.6. The molecule has 0 spiro atoms. The van der Waals surface area contributed by atoms with Crippen LogP contribution < -0.4 is 10.1 Å². The molecule has 0 bridgehead atoms. The molecule has 1 aliphatic rings. The highest BCUT2D eigenvalue weighted by molar-refractivity contribution is 5.99. The van der Waals surface area contributed by atoms with E-state index in [9.17, 15) is 32.3 Å². The van der Waals surface area contributed by atoms with Crippen molar-refractivity contribution >= 4 is 17.6 Å². The molecule has 2 N–H and O–H groups in total. The van der Waals surface area contributed by atoms with E-state index in [4.69, 9.17) is 9.47 Å². The number of hydrogen-bond donors (Lipinski definition) is 2. The number of alkyl halides is 3. The van der Waals surface area contributed by atoms with Gasteiger partial charge in [0.2, 0.25) is 5.60 Å². The van der Waals surface area contributed by atoms with Gasteiger partial charge in [0.25, 0.3) is 5.91 Å². The molecule has 1 aliphatic heterocycles. The number of carbonyl (C=O) groups excluding carboxylic acids is 2. The maximum absolute atomic E-state index is 14.5. The smallest absolute Gasteiger partial charge is 0.426 e. The van der Waals surface area contributed by atoms with Crippen molar-refractivity contribution in [2.45, 2.75) is 44.1 Å². The summed E-state index contributed by atoms with van der Waals surface area (Å²) in [5.74, 6) is -3.16. The summed E-state index contributed by atoms with van der Waals surface area (Å²) in [4.78, 5) is 24.2. The number of amides is 1. The molecule has 10 heteroatoms. The first-order valence-electron chi connectivity index (χ1n) is 9.54.